The Bertz CT molecular complexity index is 662. The van der Waals surface area contributed by atoms with Gasteiger partial charge in [-0.15, -0.1) is 0 Å². The predicted molar refractivity (Wildman–Crippen MR) is 101 cm³/mol. The second kappa shape index (κ2) is 8.81. The van der Waals surface area contributed by atoms with Crippen LogP contribution in [0, 0.1) is 12.8 Å². The first-order valence-corrected chi connectivity index (χ1v) is 10.8. The number of hydrogen-bond acceptors (Lipinski definition) is 3. The highest BCUT2D eigenvalue weighted by Crippen LogP contribution is 2.22. The first kappa shape index (κ1) is 19.9. The number of aryl methyl sites for hydroxylation is 1. The van der Waals surface area contributed by atoms with Gasteiger partial charge in [0.15, 0.2) is 0 Å². The number of hydrogen-bond donors (Lipinski definition) is 1. The Kier molecular flexibility index (Phi) is 7.02. The summed E-state index contributed by atoms with van der Waals surface area (Å²) in [6.07, 6.45) is 3.20. The summed E-state index contributed by atoms with van der Waals surface area (Å²) in [5.41, 5.74) is 1.92. The Hall–Kier alpha value is -1.40. The molecule has 1 aliphatic rings. The highest BCUT2D eigenvalue weighted by atomic mass is 32.2. The van der Waals surface area contributed by atoms with Crippen LogP contribution in [0.3, 0.4) is 0 Å². The van der Waals surface area contributed by atoms with Crippen LogP contribution in [0.15, 0.2) is 24.3 Å². The van der Waals surface area contributed by atoms with Crippen molar-refractivity contribution in [3.05, 3.63) is 35.4 Å². The van der Waals surface area contributed by atoms with E-state index in [0.29, 0.717) is 25.9 Å². The molecule has 2 rings (SSSR count). The fraction of sp³-hybridized carbons (Fsp3) is 0.632. The summed E-state index contributed by atoms with van der Waals surface area (Å²) >= 11 is 0. The van der Waals surface area contributed by atoms with Crippen LogP contribution in [-0.4, -0.2) is 37.8 Å². The van der Waals surface area contributed by atoms with Gasteiger partial charge in [-0.2, -0.15) is 0 Å². The third-order valence-corrected chi connectivity index (χ3v) is 6.65. The maximum absolute atomic E-state index is 12.6. The molecule has 1 heterocycles. The SMILES string of the molecule is CCCC(C)NC(=O)C1CCN(S(=O)(=O)Cc2ccc(C)cc2)CC1. The van der Waals surface area contributed by atoms with Crippen LogP contribution in [0.25, 0.3) is 0 Å². The van der Waals surface area contributed by atoms with Crippen molar-refractivity contribution in [1.29, 1.82) is 0 Å². The maximum atomic E-state index is 12.6. The van der Waals surface area contributed by atoms with Gasteiger partial charge in [0.05, 0.1) is 5.75 Å². The largest absolute Gasteiger partial charge is 0.353 e. The van der Waals surface area contributed by atoms with E-state index in [1.807, 2.05) is 38.1 Å². The number of amides is 1. The number of piperidine rings is 1. The molecule has 1 amide bonds. The second-order valence-electron chi connectivity index (χ2n) is 7.11. The van der Waals surface area contributed by atoms with Crippen LogP contribution in [0.2, 0.25) is 0 Å². The summed E-state index contributed by atoms with van der Waals surface area (Å²) in [7, 11) is -3.33. The Morgan fingerprint density at radius 3 is 2.40 bits per heavy atom. The Morgan fingerprint density at radius 2 is 1.84 bits per heavy atom. The molecule has 0 radical (unpaired) electrons. The van der Waals surface area contributed by atoms with E-state index in [9.17, 15) is 13.2 Å². The Balaban J connectivity index is 1.88. The topological polar surface area (TPSA) is 66.5 Å². The molecule has 1 N–H and O–H groups in total. The van der Waals surface area contributed by atoms with Crippen molar-refractivity contribution in [3.8, 4) is 0 Å². The summed E-state index contributed by atoms with van der Waals surface area (Å²) in [6, 6.07) is 7.77. The minimum atomic E-state index is -3.33. The van der Waals surface area contributed by atoms with E-state index in [0.717, 1.165) is 24.0 Å². The molecule has 1 aromatic rings. The highest BCUT2D eigenvalue weighted by Gasteiger charge is 2.31. The molecule has 5 nitrogen and oxygen atoms in total. The molecule has 140 valence electrons. The van der Waals surface area contributed by atoms with E-state index < -0.39 is 10.0 Å². The molecule has 1 atom stereocenters. The highest BCUT2D eigenvalue weighted by molar-refractivity contribution is 7.88. The van der Waals surface area contributed by atoms with Crippen molar-refractivity contribution in [2.75, 3.05) is 13.1 Å². The number of benzene rings is 1. The zero-order valence-corrected chi connectivity index (χ0v) is 16.3. The van der Waals surface area contributed by atoms with Crippen molar-refractivity contribution < 1.29 is 13.2 Å². The molecule has 1 fully saturated rings. The van der Waals surface area contributed by atoms with Crippen LogP contribution in [0.1, 0.15) is 50.7 Å². The normalized spacial score (nSPS) is 18.0. The van der Waals surface area contributed by atoms with E-state index in [4.69, 9.17) is 0 Å². The second-order valence-corrected chi connectivity index (χ2v) is 9.08. The van der Waals surface area contributed by atoms with Gasteiger partial charge in [0.2, 0.25) is 15.9 Å². The Labute approximate surface area is 151 Å². The van der Waals surface area contributed by atoms with Gasteiger partial charge in [0.25, 0.3) is 0 Å². The average molecular weight is 367 g/mol. The van der Waals surface area contributed by atoms with E-state index in [1.54, 1.807) is 0 Å². The fourth-order valence-electron chi connectivity index (χ4n) is 3.25. The monoisotopic (exact) mass is 366 g/mol. The van der Waals surface area contributed by atoms with Crippen molar-refractivity contribution in [1.82, 2.24) is 9.62 Å². The van der Waals surface area contributed by atoms with Crippen LogP contribution < -0.4 is 5.32 Å². The lowest BCUT2D eigenvalue weighted by Gasteiger charge is -2.31. The molecule has 0 aromatic heterocycles. The number of carbonyl (C=O) groups excluding carboxylic acids is 1. The van der Waals surface area contributed by atoms with Gasteiger partial charge in [-0.05, 0) is 38.7 Å². The van der Waals surface area contributed by atoms with Gasteiger partial charge in [0.1, 0.15) is 0 Å². The average Bonchev–Trinajstić information content (AvgIpc) is 2.57. The molecule has 0 spiro atoms. The number of rotatable bonds is 7. The predicted octanol–water partition coefficient (Wildman–Crippen LogP) is 2.84. The van der Waals surface area contributed by atoms with Crippen molar-refractivity contribution in [3.63, 3.8) is 0 Å². The lowest BCUT2D eigenvalue weighted by atomic mass is 9.96. The Morgan fingerprint density at radius 1 is 1.24 bits per heavy atom. The van der Waals surface area contributed by atoms with Gasteiger partial charge in [-0.25, -0.2) is 12.7 Å². The van der Waals surface area contributed by atoms with Crippen molar-refractivity contribution in [2.45, 2.75) is 58.2 Å². The smallest absolute Gasteiger partial charge is 0.223 e. The molecule has 6 heteroatoms. The van der Waals surface area contributed by atoms with Gasteiger partial charge in [-0.3, -0.25) is 4.79 Å². The third kappa shape index (κ3) is 5.82. The lowest BCUT2D eigenvalue weighted by molar-refractivity contribution is -0.126. The van der Waals surface area contributed by atoms with E-state index in [1.165, 1.54) is 4.31 Å². The van der Waals surface area contributed by atoms with Gasteiger partial charge < -0.3 is 5.32 Å². The quantitative estimate of drug-likeness (QED) is 0.807. The first-order chi connectivity index (χ1) is 11.8. The third-order valence-electron chi connectivity index (χ3n) is 4.80. The molecule has 0 saturated carbocycles. The van der Waals surface area contributed by atoms with Crippen LogP contribution in [0.4, 0.5) is 0 Å². The minimum absolute atomic E-state index is 0.0255. The van der Waals surface area contributed by atoms with Gasteiger partial charge >= 0.3 is 0 Å². The molecule has 1 aromatic carbocycles. The maximum Gasteiger partial charge on any atom is 0.223 e. The van der Waals surface area contributed by atoms with Crippen LogP contribution >= 0.6 is 0 Å². The molecule has 1 unspecified atom stereocenters. The van der Waals surface area contributed by atoms with Crippen LogP contribution in [-0.2, 0) is 20.6 Å². The van der Waals surface area contributed by atoms with E-state index in [-0.39, 0.29) is 23.6 Å². The molecular weight excluding hydrogens is 336 g/mol. The number of sulfonamides is 1. The zero-order valence-electron chi connectivity index (χ0n) is 15.5. The summed E-state index contributed by atoms with van der Waals surface area (Å²) in [6.45, 7) is 6.95. The van der Waals surface area contributed by atoms with Gasteiger partial charge in [-0.1, -0.05) is 43.2 Å². The summed E-state index contributed by atoms with van der Waals surface area (Å²) in [5.74, 6) is 0.0131. The van der Waals surface area contributed by atoms with Crippen molar-refractivity contribution >= 4 is 15.9 Å². The zero-order chi connectivity index (χ0) is 18.4. The summed E-state index contributed by atoms with van der Waals surface area (Å²) < 4.78 is 26.7. The van der Waals surface area contributed by atoms with E-state index >= 15 is 0 Å². The number of nitrogens with one attached hydrogen (secondary N) is 1. The molecule has 0 aliphatic carbocycles. The standard InChI is InChI=1S/C19H30N2O3S/c1-4-5-16(3)20-19(22)18-10-12-21(13-11-18)25(23,24)14-17-8-6-15(2)7-9-17/h6-9,16,18H,4-5,10-14H2,1-3H3,(H,20,22). The van der Waals surface area contributed by atoms with Crippen molar-refractivity contribution in [2.24, 2.45) is 5.92 Å². The van der Waals surface area contributed by atoms with E-state index in [2.05, 4.69) is 12.2 Å². The molecule has 1 aliphatic heterocycles. The summed E-state index contributed by atoms with van der Waals surface area (Å²) in [5, 5.41) is 3.04. The number of nitrogens with zero attached hydrogens (tertiary/aromatic N) is 1. The lowest BCUT2D eigenvalue weighted by Crippen LogP contribution is -2.45. The van der Waals surface area contributed by atoms with Gasteiger partial charge in [0, 0.05) is 25.0 Å². The summed E-state index contributed by atoms with van der Waals surface area (Å²) in [4.78, 5) is 12.3. The molecular formula is C19H30N2O3S. The molecule has 0 bridgehead atoms. The first-order valence-electron chi connectivity index (χ1n) is 9.15. The minimum Gasteiger partial charge on any atom is -0.353 e. The molecule has 25 heavy (non-hydrogen) atoms. The fourth-order valence-corrected chi connectivity index (χ4v) is 4.81. The number of carbonyl (C=O) groups is 1. The molecule has 1 saturated heterocycles. The van der Waals surface area contributed by atoms with Crippen LogP contribution in [0.5, 0.6) is 0 Å².